The van der Waals surface area contributed by atoms with Crippen molar-refractivity contribution < 1.29 is 31.3 Å². The monoisotopic (exact) mass is 470 g/mol. The van der Waals surface area contributed by atoms with Crippen molar-refractivity contribution >= 4 is 49.1 Å². The Morgan fingerprint density at radius 1 is 1.00 bits per heavy atom. The van der Waals surface area contributed by atoms with Crippen LogP contribution in [0.3, 0.4) is 0 Å². The molecule has 0 atom stereocenters. The van der Waals surface area contributed by atoms with Gasteiger partial charge in [0.2, 0.25) is 0 Å². The fourth-order valence-electron chi connectivity index (χ4n) is 2.36. The number of halogens is 1. The molecule has 1 aromatic heterocycles. The van der Waals surface area contributed by atoms with Crippen molar-refractivity contribution in [1.29, 1.82) is 0 Å². The predicted molar refractivity (Wildman–Crippen MR) is 105 cm³/mol. The minimum absolute atomic E-state index is 0.000256. The van der Waals surface area contributed by atoms with Crippen molar-refractivity contribution in [3.8, 4) is 0 Å². The van der Waals surface area contributed by atoms with Crippen LogP contribution in [0, 0.1) is 6.92 Å². The molecule has 0 saturated carbocycles. The maximum Gasteiger partial charge on any atom is 0.263 e. The van der Waals surface area contributed by atoms with E-state index < -0.39 is 30.9 Å². The van der Waals surface area contributed by atoms with Gasteiger partial charge in [0.05, 0.1) is 15.9 Å². The van der Waals surface area contributed by atoms with Crippen LogP contribution >= 0.6 is 11.6 Å². The number of carbonyl (C=O) groups excluding carboxylic acids is 1. The lowest BCUT2D eigenvalue weighted by Crippen LogP contribution is -2.23. The normalized spacial score (nSPS) is 11.8. The second-order valence-corrected chi connectivity index (χ2v) is 9.73. The molecule has 0 bridgehead atoms. The molecule has 3 aromatic rings. The van der Waals surface area contributed by atoms with Gasteiger partial charge in [0, 0.05) is 11.8 Å². The van der Waals surface area contributed by atoms with E-state index in [9.17, 15) is 26.7 Å². The second-order valence-electron chi connectivity index (χ2n) is 5.99. The molecule has 10 nitrogen and oxygen atoms in total. The molecule has 13 heteroatoms. The molecule has 0 radical (unpaired) electrons. The lowest BCUT2D eigenvalue weighted by Gasteiger charge is -2.12. The highest BCUT2D eigenvalue weighted by molar-refractivity contribution is 7.93. The van der Waals surface area contributed by atoms with Crippen LogP contribution in [-0.2, 0) is 20.0 Å². The molecule has 0 amide bonds. The molecule has 0 saturated heterocycles. The number of carbonyl (C=O) groups is 1. The van der Waals surface area contributed by atoms with Crippen molar-refractivity contribution in [3.05, 3.63) is 64.9 Å². The fraction of sp³-hybridized carbons (Fsp3) is 0.0588. The Kier molecular flexibility index (Phi) is 5.74. The second kappa shape index (κ2) is 7.97. The number of hydrogen-bond donors (Lipinski definition) is 2. The molecule has 0 aliphatic heterocycles. The third kappa shape index (κ3) is 4.72. The van der Waals surface area contributed by atoms with Crippen molar-refractivity contribution in [1.82, 2.24) is 5.16 Å². The zero-order chi connectivity index (χ0) is 22.1. The van der Waals surface area contributed by atoms with Gasteiger partial charge >= 0.3 is 0 Å². The van der Waals surface area contributed by atoms with E-state index in [1.54, 1.807) is 6.92 Å². The van der Waals surface area contributed by atoms with Crippen LogP contribution in [0.4, 0.5) is 11.5 Å². The summed E-state index contributed by atoms with van der Waals surface area (Å²) in [5.41, 5.74) is -0.337. The van der Waals surface area contributed by atoms with Gasteiger partial charge < -0.3 is 14.4 Å². The summed E-state index contributed by atoms with van der Waals surface area (Å²) in [7, 11) is -8.23. The first kappa shape index (κ1) is 21.6. The van der Waals surface area contributed by atoms with Crippen LogP contribution in [0.2, 0.25) is 5.02 Å². The Bertz CT molecular complexity index is 1320. The number of rotatable bonds is 7. The van der Waals surface area contributed by atoms with E-state index in [1.165, 1.54) is 30.3 Å². The molecule has 1 heterocycles. The number of aromatic nitrogens is 1. The summed E-state index contributed by atoms with van der Waals surface area (Å²) >= 11 is 5.88. The van der Waals surface area contributed by atoms with Crippen molar-refractivity contribution in [2.45, 2.75) is 16.7 Å². The first-order valence-electron chi connectivity index (χ1n) is 8.08. The van der Waals surface area contributed by atoms with Crippen LogP contribution in [0.25, 0.3) is 0 Å². The van der Waals surface area contributed by atoms with Crippen molar-refractivity contribution in [2.24, 2.45) is 0 Å². The maximum atomic E-state index is 12.6. The summed E-state index contributed by atoms with van der Waals surface area (Å²) in [6.45, 7) is 1.60. The predicted octanol–water partition coefficient (Wildman–Crippen LogP) is 1.60. The van der Waals surface area contributed by atoms with E-state index in [0.717, 1.165) is 18.2 Å². The van der Waals surface area contributed by atoms with Crippen molar-refractivity contribution in [3.63, 3.8) is 0 Å². The molecule has 0 aliphatic carbocycles. The first-order chi connectivity index (χ1) is 14.0. The number of sulfonamides is 2. The Balaban J connectivity index is 1.83. The Morgan fingerprint density at radius 2 is 1.67 bits per heavy atom. The van der Waals surface area contributed by atoms with Crippen molar-refractivity contribution in [2.75, 3.05) is 9.44 Å². The van der Waals surface area contributed by atoms with Gasteiger partial charge in [-0.3, -0.25) is 9.44 Å². The van der Waals surface area contributed by atoms with Crippen LogP contribution in [-0.4, -0.2) is 28.0 Å². The summed E-state index contributed by atoms with van der Waals surface area (Å²) in [5, 5.41) is 14.3. The average Bonchev–Trinajstić information content (AvgIpc) is 3.05. The van der Waals surface area contributed by atoms with Crippen LogP contribution in [0.1, 0.15) is 16.1 Å². The summed E-state index contributed by atoms with van der Waals surface area (Å²) in [5.74, 6) is -1.15. The summed E-state index contributed by atoms with van der Waals surface area (Å²) in [6, 6.07) is 9.27. The summed E-state index contributed by atoms with van der Waals surface area (Å²) in [4.78, 5) is 10.4. The molecule has 2 aromatic carbocycles. The third-order valence-corrected chi connectivity index (χ3v) is 6.97. The zero-order valence-electron chi connectivity index (χ0n) is 15.1. The maximum absolute atomic E-state index is 12.6. The van der Waals surface area contributed by atoms with Gasteiger partial charge in [-0.15, -0.1) is 0 Å². The average molecular weight is 471 g/mol. The SMILES string of the molecule is Cc1cc(NS(=O)(=O)c2ccc(NS(=O)(=O)c3cc(C(=O)[O-])ccc3Cl)cc2)no1. The topological polar surface area (TPSA) is 158 Å². The summed E-state index contributed by atoms with van der Waals surface area (Å²) in [6.07, 6.45) is 0. The van der Waals surface area contributed by atoms with Gasteiger partial charge in [-0.25, -0.2) is 16.8 Å². The molecule has 3 rings (SSSR count). The quantitative estimate of drug-likeness (QED) is 0.526. The fourth-order valence-corrected chi connectivity index (χ4v) is 4.93. The molecular formula is C17H13ClN3O7S2-. The van der Waals surface area contributed by atoms with Gasteiger partial charge in [0.1, 0.15) is 10.7 Å². The Morgan fingerprint density at radius 3 is 2.23 bits per heavy atom. The number of benzene rings is 2. The largest absolute Gasteiger partial charge is 0.545 e. The smallest absolute Gasteiger partial charge is 0.263 e. The summed E-state index contributed by atoms with van der Waals surface area (Å²) < 4.78 is 59.1. The number of nitrogens with one attached hydrogen (secondary N) is 2. The minimum Gasteiger partial charge on any atom is -0.545 e. The number of anilines is 2. The molecule has 158 valence electrons. The number of aromatic carboxylic acids is 1. The number of hydrogen-bond acceptors (Lipinski definition) is 8. The van der Waals surface area contributed by atoms with E-state index in [-0.39, 0.29) is 27.0 Å². The van der Waals surface area contributed by atoms with E-state index in [4.69, 9.17) is 16.1 Å². The van der Waals surface area contributed by atoms with Gasteiger partial charge in [0.15, 0.2) is 5.82 Å². The van der Waals surface area contributed by atoms with E-state index in [2.05, 4.69) is 14.6 Å². The molecular weight excluding hydrogens is 458 g/mol. The molecule has 0 fully saturated rings. The third-order valence-electron chi connectivity index (χ3n) is 3.74. The lowest BCUT2D eigenvalue weighted by molar-refractivity contribution is -0.255. The van der Waals surface area contributed by atoms with E-state index in [1.807, 2.05) is 0 Å². The van der Waals surface area contributed by atoms with Gasteiger partial charge in [-0.2, -0.15) is 0 Å². The van der Waals surface area contributed by atoms with Crippen LogP contribution in [0.5, 0.6) is 0 Å². The minimum atomic E-state index is -4.25. The number of carboxylic acids is 1. The highest BCUT2D eigenvalue weighted by atomic mass is 35.5. The molecule has 0 spiro atoms. The molecule has 0 unspecified atom stereocenters. The lowest BCUT2D eigenvalue weighted by atomic mass is 10.2. The van der Waals surface area contributed by atoms with Gasteiger partial charge in [0.25, 0.3) is 20.0 Å². The highest BCUT2D eigenvalue weighted by Crippen LogP contribution is 2.26. The van der Waals surface area contributed by atoms with E-state index >= 15 is 0 Å². The number of nitrogens with zero attached hydrogens (tertiary/aromatic N) is 1. The standard InChI is InChI=1S/C17H14ClN3O7S2/c1-10-8-16(19-28-10)21-29(24,25)13-5-3-12(4-6-13)20-30(26,27)15-9-11(17(22)23)2-7-14(15)18/h2-9,20H,1H3,(H,19,21)(H,22,23)/p-1. The van der Waals surface area contributed by atoms with Crippen LogP contribution in [0.15, 0.2) is 62.8 Å². The van der Waals surface area contributed by atoms with Gasteiger partial charge in [-0.1, -0.05) is 22.8 Å². The van der Waals surface area contributed by atoms with Crippen LogP contribution < -0.4 is 14.6 Å². The molecule has 0 aliphatic rings. The molecule has 2 N–H and O–H groups in total. The Labute approximate surface area is 176 Å². The molecule has 30 heavy (non-hydrogen) atoms. The highest BCUT2D eigenvalue weighted by Gasteiger charge is 2.20. The van der Waals surface area contributed by atoms with E-state index in [0.29, 0.717) is 5.76 Å². The van der Waals surface area contributed by atoms with Gasteiger partial charge in [-0.05, 0) is 48.9 Å². The number of carboxylic acid groups (broad SMARTS) is 1. The first-order valence-corrected chi connectivity index (χ1v) is 11.4. The zero-order valence-corrected chi connectivity index (χ0v) is 17.5. The number of aryl methyl sites for hydroxylation is 1. The Hall–Kier alpha value is -3.09.